The number of aryl methyl sites for hydroxylation is 2. The highest BCUT2D eigenvalue weighted by atomic mass is 16.4. The van der Waals surface area contributed by atoms with Gasteiger partial charge < -0.3 is 15.1 Å². The van der Waals surface area contributed by atoms with Crippen molar-refractivity contribution in [1.29, 1.82) is 0 Å². The van der Waals surface area contributed by atoms with Gasteiger partial charge in [0.2, 0.25) is 0 Å². The molecule has 106 valence electrons. The first-order valence-electron chi connectivity index (χ1n) is 6.53. The van der Waals surface area contributed by atoms with Crippen LogP contribution in [0.3, 0.4) is 0 Å². The van der Waals surface area contributed by atoms with Crippen LogP contribution in [0.5, 0.6) is 0 Å². The van der Waals surface area contributed by atoms with Crippen molar-refractivity contribution in [2.24, 2.45) is 0 Å². The quantitative estimate of drug-likeness (QED) is 0.786. The van der Waals surface area contributed by atoms with E-state index < -0.39 is 12.1 Å². The maximum Gasteiger partial charge on any atom is 0.306 e. The summed E-state index contributed by atoms with van der Waals surface area (Å²) < 4.78 is 0. The van der Waals surface area contributed by atoms with Crippen molar-refractivity contribution < 1.29 is 15.0 Å². The first-order valence-corrected chi connectivity index (χ1v) is 6.53. The van der Waals surface area contributed by atoms with E-state index in [1.807, 2.05) is 11.9 Å². The van der Waals surface area contributed by atoms with Crippen LogP contribution in [0.15, 0.2) is 18.2 Å². The smallest absolute Gasteiger partial charge is 0.306 e. The minimum atomic E-state index is -0.963. The molecule has 0 heterocycles. The minimum absolute atomic E-state index is 0.200. The molecule has 0 aliphatic rings. The second kappa shape index (κ2) is 7.26. The third-order valence-electron chi connectivity index (χ3n) is 3.29. The summed E-state index contributed by atoms with van der Waals surface area (Å²) in [5, 5.41) is 18.1. The number of rotatable bonds is 7. The Hall–Kier alpha value is -1.39. The minimum Gasteiger partial charge on any atom is -0.481 e. The van der Waals surface area contributed by atoms with Gasteiger partial charge >= 0.3 is 5.97 Å². The lowest BCUT2D eigenvalue weighted by atomic mass is 10.0. The average molecular weight is 265 g/mol. The molecule has 4 heteroatoms. The summed E-state index contributed by atoms with van der Waals surface area (Å²) in [4.78, 5) is 12.4. The van der Waals surface area contributed by atoms with Crippen LogP contribution in [0.1, 0.15) is 23.1 Å². The highest BCUT2D eigenvalue weighted by Gasteiger charge is 2.12. The number of nitrogens with zero attached hydrogens (tertiary/aromatic N) is 1. The Balaban J connectivity index is 2.39. The fourth-order valence-corrected chi connectivity index (χ4v) is 2.00. The number of aliphatic carboxylic acids is 1. The van der Waals surface area contributed by atoms with Crippen molar-refractivity contribution in [2.75, 3.05) is 20.1 Å². The van der Waals surface area contributed by atoms with Gasteiger partial charge in [-0.15, -0.1) is 0 Å². The molecule has 1 unspecified atom stereocenters. The number of aliphatic hydroxyl groups is 1. The van der Waals surface area contributed by atoms with Crippen molar-refractivity contribution in [2.45, 2.75) is 32.8 Å². The molecule has 1 atom stereocenters. The molecule has 0 saturated heterocycles. The second-order valence-electron chi connectivity index (χ2n) is 5.18. The van der Waals surface area contributed by atoms with Crippen LogP contribution < -0.4 is 0 Å². The van der Waals surface area contributed by atoms with Crippen LogP contribution >= 0.6 is 0 Å². The zero-order chi connectivity index (χ0) is 14.4. The van der Waals surface area contributed by atoms with Gasteiger partial charge in [-0.1, -0.05) is 18.2 Å². The molecule has 2 N–H and O–H groups in total. The van der Waals surface area contributed by atoms with E-state index in [2.05, 4.69) is 32.0 Å². The van der Waals surface area contributed by atoms with E-state index in [4.69, 9.17) is 5.11 Å². The Kier molecular flexibility index (Phi) is 5.99. The largest absolute Gasteiger partial charge is 0.481 e. The molecule has 0 aliphatic heterocycles. The van der Waals surface area contributed by atoms with E-state index in [1.165, 1.54) is 16.7 Å². The van der Waals surface area contributed by atoms with Crippen molar-refractivity contribution in [3.8, 4) is 0 Å². The molecule has 0 aromatic heterocycles. The number of likely N-dealkylation sites (N-methyl/N-ethyl adjacent to an activating group) is 1. The van der Waals surface area contributed by atoms with E-state index in [-0.39, 0.29) is 6.42 Å². The van der Waals surface area contributed by atoms with E-state index in [9.17, 15) is 9.90 Å². The molecule has 0 amide bonds. The van der Waals surface area contributed by atoms with E-state index in [0.717, 1.165) is 13.0 Å². The maximum absolute atomic E-state index is 10.5. The third-order valence-corrected chi connectivity index (χ3v) is 3.29. The standard InChI is InChI=1S/C15H23NO3/c1-11-4-5-13(8-12(11)2)6-7-16(3)10-14(17)9-15(18)19/h4-5,8,14,17H,6-7,9-10H2,1-3H3,(H,18,19). The van der Waals surface area contributed by atoms with Crippen molar-refractivity contribution in [3.63, 3.8) is 0 Å². The molecule has 0 radical (unpaired) electrons. The molecule has 0 spiro atoms. The summed E-state index contributed by atoms with van der Waals surface area (Å²) >= 11 is 0. The zero-order valence-electron chi connectivity index (χ0n) is 11.9. The van der Waals surface area contributed by atoms with Crippen LogP contribution in [0.2, 0.25) is 0 Å². The number of benzene rings is 1. The maximum atomic E-state index is 10.5. The van der Waals surface area contributed by atoms with Crippen molar-refractivity contribution in [3.05, 3.63) is 34.9 Å². The van der Waals surface area contributed by atoms with E-state index in [0.29, 0.717) is 6.54 Å². The summed E-state index contributed by atoms with van der Waals surface area (Å²) in [6.07, 6.45) is -0.104. The molecular weight excluding hydrogens is 242 g/mol. The first-order chi connectivity index (χ1) is 8.88. The Morgan fingerprint density at radius 1 is 1.32 bits per heavy atom. The SMILES string of the molecule is Cc1ccc(CCN(C)CC(O)CC(=O)O)cc1C. The third kappa shape index (κ3) is 5.85. The fourth-order valence-electron chi connectivity index (χ4n) is 2.00. The highest BCUT2D eigenvalue weighted by Crippen LogP contribution is 2.10. The Bertz CT molecular complexity index is 431. The molecule has 1 aromatic rings. The average Bonchev–Trinajstić information content (AvgIpc) is 2.29. The molecule has 19 heavy (non-hydrogen) atoms. The predicted molar refractivity (Wildman–Crippen MR) is 75.4 cm³/mol. The van der Waals surface area contributed by atoms with Gasteiger partial charge in [0, 0.05) is 13.1 Å². The molecule has 0 saturated carbocycles. The van der Waals surface area contributed by atoms with Gasteiger partial charge in [-0.05, 0) is 44.0 Å². The van der Waals surface area contributed by atoms with Gasteiger partial charge in [0.25, 0.3) is 0 Å². The van der Waals surface area contributed by atoms with Crippen LogP contribution in [-0.2, 0) is 11.2 Å². The molecule has 0 aliphatic carbocycles. The van der Waals surface area contributed by atoms with E-state index in [1.54, 1.807) is 0 Å². The molecule has 1 rings (SSSR count). The van der Waals surface area contributed by atoms with Gasteiger partial charge in [-0.2, -0.15) is 0 Å². The normalized spacial score (nSPS) is 12.7. The Morgan fingerprint density at radius 2 is 2.00 bits per heavy atom. The van der Waals surface area contributed by atoms with Crippen molar-refractivity contribution in [1.82, 2.24) is 4.90 Å². The van der Waals surface area contributed by atoms with Crippen LogP contribution in [-0.4, -0.2) is 47.3 Å². The van der Waals surface area contributed by atoms with Gasteiger partial charge in [-0.25, -0.2) is 0 Å². The monoisotopic (exact) mass is 265 g/mol. The molecular formula is C15H23NO3. The van der Waals surface area contributed by atoms with E-state index >= 15 is 0 Å². The summed E-state index contributed by atoms with van der Waals surface area (Å²) in [6, 6.07) is 6.41. The van der Waals surface area contributed by atoms with Gasteiger partial charge in [0.05, 0.1) is 12.5 Å². The number of carboxylic acids is 1. The van der Waals surface area contributed by atoms with Gasteiger partial charge in [0.15, 0.2) is 0 Å². The van der Waals surface area contributed by atoms with Gasteiger partial charge in [-0.3, -0.25) is 4.79 Å². The Labute approximate surface area is 114 Å². The Morgan fingerprint density at radius 3 is 2.58 bits per heavy atom. The number of hydrogen-bond acceptors (Lipinski definition) is 3. The molecule has 1 aromatic carbocycles. The number of hydrogen-bond donors (Lipinski definition) is 2. The molecule has 4 nitrogen and oxygen atoms in total. The number of aliphatic hydroxyl groups excluding tert-OH is 1. The van der Waals surface area contributed by atoms with Gasteiger partial charge in [0.1, 0.15) is 0 Å². The second-order valence-corrected chi connectivity index (χ2v) is 5.18. The summed E-state index contributed by atoms with van der Waals surface area (Å²) in [5.74, 6) is -0.963. The van der Waals surface area contributed by atoms with Crippen LogP contribution in [0.25, 0.3) is 0 Å². The van der Waals surface area contributed by atoms with Crippen LogP contribution in [0.4, 0.5) is 0 Å². The summed E-state index contributed by atoms with van der Waals surface area (Å²) in [5.41, 5.74) is 3.84. The fraction of sp³-hybridized carbons (Fsp3) is 0.533. The predicted octanol–water partition coefficient (Wildman–Crippen LogP) is 1.61. The summed E-state index contributed by atoms with van der Waals surface area (Å²) in [6.45, 7) is 5.38. The molecule has 0 fully saturated rings. The lowest BCUT2D eigenvalue weighted by Gasteiger charge is -2.19. The lowest BCUT2D eigenvalue weighted by molar-refractivity contribution is -0.139. The first kappa shape index (κ1) is 15.7. The summed E-state index contributed by atoms with van der Waals surface area (Å²) in [7, 11) is 1.89. The lowest BCUT2D eigenvalue weighted by Crippen LogP contribution is -2.32. The zero-order valence-corrected chi connectivity index (χ0v) is 11.9. The molecule has 0 bridgehead atoms. The highest BCUT2D eigenvalue weighted by molar-refractivity contribution is 5.67. The van der Waals surface area contributed by atoms with Crippen LogP contribution in [0, 0.1) is 13.8 Å². The number of carboxylic acid groups (broad SMARTS) is 1. The topological polar surface area (TPSA) is 60.8 Å². The van der Waals surface area contributed by atoms with Crippen molar-refractivity contribution >= 4 is 5.97 Å². The number of carbonyl (C=O) groups is 1.